The Bertz CT molecular complexity index is 1010. The molecular weight excluding hydrogens is 480 g/mol. The number of piperazine rings is 1. The summed E-state index contributed by atoms with van der Waals surface area (Å²) in [6.07, 6.45) is 8.30. The molecule has 1 aliphatic rings. The Morgan fingerprint density at radius 3 is 2.24 bits per heavy atom. The average molecular weight is 523 g/mol. The van der Waals surface area contributed by atoms with Crippen LogP contribution in [0.2, 0.25) is 0 Å². The zero-order valence-corrected chi connectivity index (χ0v) is 22.8. The van der Waals surface area contributed by atoms with Gasteiger partial charge in [0.2, 0.25) is 5.91 Å². The van der Waals surface area contributed by atoms with Gasteiger partial charge in [-0.3, -0.25) is 14.4 Å². The smallest absolute Gasteiger partial charge is 0.308 e. The Morgan fingerprint density at radius 1 is 0.921 bits per heavy atom. The lowest BCUT2D eigenvalue weighted by Gasteiger charge is -2.36. The largest absolute Gasteiger partial charge is 0.481 e. The molecule has 1 N–H and O–H groups in total. The summed E-state index contributed by atoms with van der Waals surface area (Å²) in [5.74, 6) is -0.563. The SMILES string of the molecule is CCCCCCCCCCOC(=O)CC1C(=O)NCCN1C(=O)C(C)Oc1ccc(-c2ccccc2)cc1. The first-order valence-corrected chi connectivity index (χ1v) is 14.1. The number of nitrogens with one attached hydrogen (secondary N) is 1. The van der Waals surface area contributed by atoms with E-state index in [-0.39, 0.29) is 18.2 Å². The average Bonchev–Trinajstić information content (AvgIpc) is 2.93. The molecular formula is C31H42N2O5. The first-order valence-electron chi connectivity index (χ1n) is 14.1. The molecule has 0 aliphatic carbocycles. The maximum Gasteiger partial charge on any atom is 0.308 e. The van der Waals surface area contributed by atoms with Crippen LogP contribution in [0.4, 0.5) is 0 Å². The lowest BCUT2D eigenvalue weighted by Crippen LogP contribution is -2.60. The molecule has 3 rings (SSSR count). The summed E-state index contributed by atoms with van der Waals surface area (Å²) in [6, 6.07) is 16.7. The van der Waals surface area contributed by atoms with E-state index in [1.807, 2.05) is 54.6 Å². The van der Waals surface area contributed by atoms with Crippen molar-refractivity contribution in [2.24, 2.45) is 0 Å². The zero-order chi connectivity index (χ0) is 27.2. The van der Waals surface area contributed by atoms with Gasteiger partial charge in [-0.2, -0.15) is 0 Å². The number of hydrogen-bond donors (Lipinski definition) is 1. The molecule has 0 aromatic heterocycles. The van der Waals surface area contributed by atoms with Gasteiger partial charge in [-0.1, -0.05) is 94.3 Å². The quantitative estimate of drug-likeness (QED) is 0.246. The molecule has 2 aromatic rings. The highest BCUT2D eigenvalue weighted by Gasteiger charge is 2.37. The van der Waals surface area contributed by atoms with E-state index in [9.17, 15) is 14.4 Å². The molecule has 2 atom stereocenters. The molecule has 7 nitrogen and oxygen atoms in total. The van der Waals surface area contributed by atoms with Crippen molar-refractivity contribution in [3.05, 3.63) is 54.6 Å². The third-order valence-corrected chi connectivity index (χ3v) is 6.86. The van der Waals surface area contributed by atoms with Crippen LogP contribution in [0.25, 0.3) is 11.1 Å². The van der Waals surface area contributed by atoms with E-state index in [4.69, 9.17) is 9.47 Å². The number of ether oxygens (including phenoxy) is 2. The Balaban J connectivity index is 1.46. The third-order valence-electron chi connectivity index (χ3n) is 6.86. The number of unbranched alkanes of at least 4 members (excludes halogenated alkanes) is 7. The first-order chi connectivity index (χ1) is 18.5. The zero-order valence-electron chi connectivity index (χ0n) is 22.8. The van der Waals surface area contributed by atoms with Gasteiger partial charge in [0, 0.05) is 13.1 Å². The van der Waals surface area contributed by atoms with E-state index in [0.29, 0.717) is 25.4 Å². The molecule has 7 heteroatoms. The fourth-order valence-corrected chi connectivity index (χ4v) is 4.66. The van der Waals surface area contributed by atoms with Gasteiger partial charge in [0.25, 0.3) is 5.91 Å². The minimum absolute atomic E-state index is 0.160. The van der Waals surface area contributed by atoms with Crippen molar-refractivity contribution in [3.8, 4) is 16.9 Å². The molecule has 0 bridgehead atoms. The van der Waals surface area contributed by atoms with Crippen molar-refractivity contribution in [1.29, 1.82) is 0 Å². The molecule has 2 unspecified atom stereocenters. The number of amides is 2. The fourth-order valence-electron chi connectivity index (χ4n) is 4.66. The van der Waals surface area contributed by atoms with Crippen LogP contribution in [0.3, 0.4) is 0 Å². The second kappa shape index (κ2) is 15.8. The molecule has 1 fully saturated rings. The van der Waals surface area contributed by atoms with Crippen LogP contribution < -0.4 is 10.1 Å². The summed E-state index contributed by atoms with van der Waals surface area (Å²) >= 11 is 0. The number of nitrogens with zero attached hydrogens (tertiary/aromatic N) is 1. The highest BCUT2D eigenvalue weighted by Crippen LogP contribution is 2.23. The van der Waals surface area contributed by atoms with Crippen LogP contribution >= 0.6 is 0 Å². The van der Waals surface area contributed by atoms with Crippen molar-refractivity contribution >= 4 is 17.8 Å². The van der Waals surface area contributed by atoms with Crippen LogP contribution in [0.15, 0.2) is 54.6 Å². The predicted octanol–water partition coefficient (Wildman–Crippen LogP) is 5.52. The number of carbonyl (C=O) groups excluding carboxylic acids is 3. The van der Waals surface area contributed by atoms with E-state index in [1.54, 1.807) is 6.92 Å². The van der Waals surface area contributed by atoms with Gasteiger partial charge in [0.1, 0.15) is 11.8 Å². The third kappa shape index (κ3) is 9.19. The summed E-state index contributed by atoms with van der Waals surface area (Å²) < 4.78 is 11.3. The molecule has 1 saturated heterocycles. The van der Waals surface area contributed by atoms with Crippen LogP contribution in [0.5, 0.6) is 5.75 Å². The monoisotopic (exact) mass is 522 g/mol. The number of carbonyl (C=O) groups is 3. The molecule has 0 radical (unpaired) electrons. The number of esters is 1. The highest BCUT2D eigenvalue weighted by molar-refractivity contribution is 5.93. The predicted molar refractivity (Wildman–Crippen MR) is 149 cm³/mol. The number of hydrogen-bond acceptors (Lipinski definition) is 5. The van der Waals surface area contributed by atoms with Crippen LogP contribution in [0, 0.1) is 0 Å². The van der Waals surface area contributed by atoms with Crippen molar-refractivity contribution in [2.75, 3.05) is 19.7 Å². The van der Waals surface area contributed by atoms with Gasteiger partial charge in [-0.05, 0) is 36.6 Å². The second-order valence-corrected chi connectivity index (χ2v) is 9.89. The van der Waals surface area contributed by atoms with Crippen LogP contribution in [0.1, 0.15) is 71.6 Å². The molecule has 0 saturated carbocycles. The maximum absolute atomic E-state index is 13.2. The molecule has 0 spiro atoms. The van der Waals surface area contributed by atoms with Crippen LogP contribution in [-0.2, 0) is 19.1 Å². The Kier molecular flexibility index (Phi) is 12.1. The minimum atomic E-state index is -0.895. The molecule has 1 heterocycles. The van der Waals surface area contributed by atoms with Crippen molar-refractivity contribution < 1.29 is 23.9 Å². The number of rotatable bonds is 15. The highest BCUT2D eigenvalue weighted by atomic mass is 16.5. The lowest BCUT2D eigenvalue weighted by molar-refractivity contribution is -0.154. The summed E-state index contributed by atoms with van der Waals surface area (Å²) in [6.45, 7) is 4.88. The van der Waals surface area contributed by atoms with Gasteiger partial charge in [0.15, 0.2) is 6.10 Å². The van der Waals surface area contributed by atoms with Gasteiger partial charge < -0.3 is 19.7 Å². The van der Waals surface area contributed by atoms with Gasteiger partial charge >= 0.3 is 5.97 Å². The van der Waals surface area contributed by atoms with E-state index in [1.165, 1.54) is 37.0 Å². The summed E-state index contributed by atoms with van der Waals surface area (Å²) in [4.78, 5) is 39.7. The summed E-state index contributed by atoms with van der Waals surface area (Å²) in [5, 5.41) is 2.76. The van der Waals surface area contributed by atoms with Crippen molar-refractivity contribution in [2.45, 2.75) is 83.8 Å². The van der Waals surface area contributed by atoms with Crippen LogP contribution in [-0.4, -0.2) is 54.5 Å². The van der Waals surface area contributed by atoms with Crippen molar-refractivity contribution in [1.82, 2.24) is 10.2 Å². The maximum atomic E-state index is 13.2. The van der Waals surface area contributed by atoms with E-state index in [2.05, 4.69) is 12.2 Å². The van der Waals surface area contributed by atoms with Crippen molar-refractivity contribution in [3.63, 3.8) is 0 Å². The number of benzene rings is 2. The standard InChI is InChI=1S/C31H42N2O5/c1-3-4-5-6-7-8-9-13-22-37-29(34)23-28-30(35)32-20-21-33(28)31(36)24(2)38-27-18-16-26(17-19-27)25-14-11-10-12-15-25/h10-12,14-19,24,28H,3-9,13,20-23H2,1-2H3,(H,32,35). The molecule has 38 heavy (non-hydrogen) atoms. The Labute approximate surface area is 226 Å². The molecule has 2 amide bonds. The van der Waals surface area contributed by atoms with E-state index < -0.39 is 18.1 Å². The summed E-state index contributed by atoms with van der Waals surface area (Å²) in [7, 11) is 0. The lowest BCUT2D eigenvalue weighted by atomic mass is 10.1. The minimum Gasteiger partial charge on any atom is -0.481 e. The van der Waals surface area contributed by atoms with E-state index >= 15 is 0 Å². The molecule has 206 valence electrons. The van der Waals surface area contributed by atoms with E-state index in [0.717, 1.165) is 30.4 Å². The van der Waals surface area contributed by atoms with Gasteiger partial charge in [-0.25, -0.2) is 0 Å². The topological polar surface area (TPSA) is 84.9 Å². The first kappa shape index (κ1) is 29.2. The Morgan fingerprint density at radius 2 is 1.55 bits per heavy atom. The normalized spacial score (nSPS) is 16.0. The van der Waals surface area contributed by atoms with Gasteiger partial charge in [0.05, 0.1) is 13.0 Å². The Hall–Kier alpha value is -3.35. The summed E-state index contributed by atoms with van der Waals surface area (Å²) in [5.41, 5.74) is 2.15. The second-order valence-electron chi connectivity index (χ2n) is 9.89. The fraction of sp³-hybridized carbons (Fsp3) is 0.516. The molecule has 1 aliphatic heterocycles. The van der Waals surface area contributed by atoms with Gasteiger partial charge in [-0.15, -0.1) is 0 Å². The molecule has 2 aromatic carbocycles.